The van der Waals surface area contributed by atoms with E-state index in [4.69, 9.17) is 0 Å². The van der Waals surface area contributed by atoms with Gasteiger partial charge >= 0.3 is 0 Å². The van der Waals surface area contributed by atoms with E-state index in [1.54, 1.807) is 0 Å². The highest BCUT2D eigenvalue weighted by Gasteiger charge is 2.12. The Bertz CT molecular complexity index is 1060. The van der Waals surface area contributed by atoms with Gasteiger partial charge in [-0.15, -0.1) is 0 Å². The highest BCUT2D eigenvalue weighted by Crippen LogP contribution is 2.24. The lowest BCUT2D eigenvalue weighted by atomic mass is 9.91. The normalized spacial score (nSPS) is 17.8. The first kappa shape index (κ1) is 17.4. The molecule has 0 spiro atoms. The smallest absolute Gasteiger partial charge is 0.143 e. The molecule has 0 fully saturated rings. The molecule has 27 heavy (non-hydrogen) atoms. The van der Waals surface area contributed by atoms with Gasteiger partial charge in [0.2, 0.25) is 0 Å². The van der Waals surface area contributed by atoms with Crippen LogP contribution in [0.5, 0.6) is 0 Å². The molecule has 1 aliphatic rings. The predicted molar refractivity (Wildman–Crippen MR) is 112 cm³/mol. The van der Waals surface area contributed by atoms with Gasteiger partial charge in [0.25, 0.3) is 0 Å². The zero-order chi connectivity index (χ0) is 18.6. The zero-order valence-electron chi connectivity index (χ0n) is 15.6. The van der Waals surface area contributed by atoms with Crippen molar-refractivity contribution in [1.82, 2.24) is 4.98 Å². The molecule has 1 heterocycles. The third kappa shape index (κ3) is 4.06. The van der Waals surface area contributed by atoms with E-state index >= 15 is 0 Å². The largest absolute Gasteiger partial charge is 0.299 e. The number of rotatable bonds is 4. The lowest BCUT2D eigenvalue weighted by Gasteiger charge is -2.14. The van der Waals surface area contributed by atoms with Crippen LogP contribution in [-0.2, 0) is 17.6 Å². The average molecular weight is 353 g/mol. The summed E-state index contributed by atoms with van der Waals surface area (Å²) in [5, 5.41) is 1.11. The summed E-state index contributed by atoms with van der Waals surface area (Å²) in [7, 11) is 0. The second-order valence-corrected chi connectivity index (χ2v) is 7.23. The summed E-state index contributed by atoms with van der Waals surface area (Å²) in [6, 6.07) is 20.5. The van der Waals surface area contributed by atoms with Gasteiger partial charge in [0.1, 0.15) is 5.78 Å². The number of aryl methyl sites for hydroxylation is 1. The van der Waals surface area contributed by atoms with E-state index in [0.29, 0.717) is 12.8 Å². The second kappa shape index (κ2) is 7.71. The summed E-state index contributed by atoms with van der Waals surface area (Å²) in [5.74, 6) is 0.214. The Morgan fingerprint density at radius 3 is 2.63 bits per heavy atom. The molecule has 0 saturated heterocycles. The highest BCUT2D eigenvalue weighted by molar-refractivity contribution is 5.85. The maximum Gasteiger partial charge on any atom is 0.143 e. The molecule has 1 aromatic heterocycles. The summed E-state index contributed by atoms with van der Waals surface area (Å²) in [6.07, 6.45) is 7.15. The Hall–Kier alpha value is -3.00. The van der Waals surface area contributed by atoms with Crippen molar-refractivity contribution in [1.29, 1.82) is 0 Å². The van der Waals surface area contributed by atoms with Crippen LogP contribution in [0.25, 0.3) is 17.0 Å². The molecular weight excluding hydrogens is 330 g/mol. The molecule has 134 valence electrons. The van der Waals surface area contributed by atoms with Crippen molar-refractivity contribution in [2.75, 3.05) is 0 Å². The number of para-hydroxylation sites is 1. The maximum atomic E-state index is 12.7. The molecular formula is C25H23NO. The van der Waals surface area contributed by atoms with Gasteiger partial charge in [-0.3, -0.25) is 9.78 Å². The Morgan fingerprint density at radius 1 is 0.889 bits per heavy atom. The van der Waals surface area contributed by atoms with Crippen LogP contribution in [-0.4, -0.2) is 10.8 Å². The van der Waals surface area contributed by atoms with Crippen LogP contribution in [0, 0.1) is 0 Å². The molecule has 2 heteroatoms. The van der Waals surface area contributed by atoms with Crippen LogP contribution in [0.2, 0.25) is 0 Å². The molecule has 0 radical (unpaired) electrons. The number of carbonyl (C=O) groups excluding carboxylic acids is 1. The number of fused-ring (bicyclic) bond motifs is 2. The van der Waals surface area contributed by atoms with Gasteiger partial charge in [0, 0.05) is 23.9 Å². The van der Waals surface area contributed by atoms with Crippen LogP contribution in [0.4, 0.5) is 0 Å². The number of hydrogen-bond acceptors (Lipinski definition) is 2. The highest BCUT2D eigenvalue weighted by atomic mass is 16.1. The predicted octanol–water partition coefficient (Wildman–Crippen LogP) is 5.71. The van der Waals surface area contributed by atoms with Crippen molar-refractivity contribution in [3.8, 4) is 0 Å². The molecule has 4 rings (SSSR count). The van der Waals surface area contributed by atoms with Crippen molar-refractivity contribution in [3.63, 3.8) is 0 Å². The van der Waals surface area contributed by atoms with Gasteiger partial charge in [-0.2, -0.15) is 0 Å². The van der Waals surface area contributed by atoms with Crippen LogP contribution in [0.3, 0.4) is 0 Å². The summed E-state index contributed by atoms with van der Waals surface area (Å²) in [6.45, 7) is 2.15. The molecule has 1 aliphatic carbocycles. The fraction of sp³-hybridized carbons (Fsp3) is 0.200. The molecule has 0 aliphatic heterocycles. The van der Waals surface area contributed by atoms with Crippen molar-refractivity contribution < 1.29 is 4.79 Å². The standard InChI is InChI=1S/C25H23NO/c1-18-10-11-19-6-2-3-7-20(19)12-13-22(18)16-24(27)17-23-15-14-21-8-4-5-9-25(21)26-23/h2-9,12-15H,10-11,16-17H2,1H3/b13-12-,22-18-. The quantitative estimate of drug-likeness (QED) is 0.601. The zero-order valence-corrected chi connectivity index (χ0v) is 15.6. The van der Waals surface area contributed by atoms with Crippen LogP contribution in [0.1, 0.15) is 36.6 Å². The molecule has 3 aromatic rings. The van der Waals surface area contributed by atoms with E-state index < -0.39 is 0 Å². The Morgan fingerprint density at radius 2 is 1.70 bits per heavy atom. The Labute approximate surface area is 160 Å². The maximum absolute atomic E-state index is 12.7. The number of benzene rings is 2. The second-order valence-electron chi connectivity index (χ2n) is 7.23. The van der Waals surface area contributed by atoms with E-state index in [1.165, 1.54) is 16.7 Å². The van der Waals surface area contributed by atoms with Crippen molar-refractivity contribution in [3.05, 3.63) is 94.7 Å². The van der Waals surface area contributed by atoms with Crippen LogP contribution < -0.4 is 0 Å². The van der Waals surface area contributed by atoms with E-state index in [-0.39, 0.29) is 5.78 Å². The van der Waals surface area contributed by atoms with E-state index in [2.05, 4.69) is 48.3 Å². The molecule has 2 aromatic carbocycles. The first-order chi connectivity index (χ1) is 13.2. The van der Waals surface area contributed by atoms with Crippen molar-refractivity contribution >= 4 is 22.8 Å². The number of hydrogen-bond donors (Lipinski definition) is 0. The van der Waals surface area contributed by atoms with Gasteiger partial charge in [-0.05, 0) is 48.6 Å². The molecule has 0 N–H and O–H groups in total. The molecule has 0 bridgehead atoms. The lowest BCUT2D eigenvalue weighted by Crippen LogP contribution is -2.07. The van der Waals surface area contributed by atoms with Crippen molar-refractivity contribution in [2.45, 2.75) is 32.6 Å². The van der Waals surface area contributed by atoms with Gasteiger partial charge in [0.15, 0.2) is 0 Å². The number of ketones is 1. The van der Waals surface area contributed by atoms with Crippen molar-refractivity contribution in [2.24, 2.45) is 0 Å². The van der Waals surface area contributed by atoms with Crippen LogP contribution >= 0.6 is 0 Å². The number of allylic oxidation sites excluding steroid dienone is 3. The lowest BCUT2D eigenvalue weighted by molar-refractivity contribution is -0.117. The molecule has 2 nitrogen and oxygen atoms in total. The fourth-order valence-electron chi connectivity index (χ4n) is 3.63. The number of pyridine rings is 1. The van der Waals surface area contributed by atoms with E-state index in [1.807, 2.05) is 36.4 Å². The summed E-state index contributed by atoms with van der Waals surface area (Å²) >= 11 is 0. The third-order valence-electron chi connectivity index (χ3n) is 5.26. The van der Waals surface area contributed by atoms with Gasteiger partial charge in [-0.25, -0.2) is 0 Å². The molecule has 0 amide bonds. The Kier molecular flexibility index (Phi) is 4.97. The van der Waals surface area contributed by atoms with Crippen LogP contribution in [0.15, 0.2) is 77.9 Å². The molecule has 0 atom stereocenters. The van der Waals surface area contributed by atoms with E-state index in [0.717, 1.165) is 35.0 Å². The number of nitrogens with zero attached hydrogens (tertiary/aromatic N) is 1. The SMILES string of the molecule is C/C1=C(CC(=O)Cc2ccc3ccccc3n2)\C=C/c2ccccc2CC1. The fourth-order valence-corrected chi connectivity index (χ4v) is 3.63. The number of Topliss-reactive ketones (excluding diaryl/α,β-unsaturated/α-hetero) is 1. The Balaban J connectivity index is 1.50. The summed E-state index contributed by atoms with van der Waals surface area (Å²) in [4.78, 5) is 17.3. The van der Waals surface area contributed by atoms with E-state index in [9.17, 15) is 4.79 Å². The third-order valence-corrected chi connectivity index (χ3v) is 5.26. The number of carbonyl (C=O) groups is 1. The van der Waals surface area contributed by atoms with Gasteiger partial charge in [-0.1, -0.05) is 66.3 Å². The topological polar surface area (TPSA) is 30.0 Å². The van der Waals surface area contributed by atoms with Gasteiger partial charge < -0.3 is 0 Å². The van der Waals surface area contributed by atoms with Gasteiger partial charge in [0.05, 0.1) is 5.52 Å². The average Bonchev–Trinajstić information content (AvgIpc) is 2.68. The first-order valence-corrected chi connectivity index (χ1v) is 9.50. The molecule has 0 saturated carbocycles. The molecule has 0 unspecified atom stereocenters. The summed E-state index contributed by atoms with van der Waals surface area (Å²) in [5.41, 5.74) is 6.87. The summed E-state index contributed by atoms with van der Waals surface area (Å²) < 4.78 is 0. The number of aromatic nitrogens is 1. The monoisotopic (exact) mass is 353 g/mol. The minimum absolute atomic E-state index is 0.214. The first-order valence-electron chi connectivity index (χ1n) is 9.50. The minimum atomic E-state index is 0.214. The minimum Gasteiger partial charge on any atom is -0.299 e.